The molecule has 0 radical (unpaired) electrons. The molecular weight excluding hydrogens is 246 g/mol. The van der Waals surface area contributed by atoms with Gasteiger partial charge in [-0.15, -0.1) is 0 Å². The summed E-state index contributed by atoms with van der Waals surface area (Å²) in [5.74, 6) is 0.147. The highest BCUT2D eigenvalue weighted by molar-refractivity contribution is 8.14. The summed E-state index contributed by atoms with van der Waals surface area (Å²) in [5.41, 5.74) is 0. The van der Waals surface area contributed by atoms with Gasteiger partial charge in [-0.05, 0) is 34.1 Å². The van der Waals surface area contributed by atoms with Gasteiger partial charge in [0, 0.05) is 18.3 Å². The van der Waals surface area contributed by atoms with Gasteiger partial charge >= 0.3 is 0 Å². The number of likely N-dealkylation sites (N-methyl/N-ethyl adjacent to an activating group) is 1. The van der Waals surface area contributed by atoms with Crippen LogP contribution >= 0.6 is 11.8 Å². The first-order valence-corrected chi connectivity index (χ1v) is 7.65. The Morgan fingerprint density at radius 1 is 1.50 bits per heavy atom. The molecule has 0 saturated carbocycles. The lowest BCUT2D eigenvalue weighted by atomic mass is 10.2. The average molecular weight is 271 g/mol. The number of hydrogen-bond acceptors (Lipinski definition) is 4. The first kappa shape index (κ1) is 15.3. The number of carbonyl (C=O) groups is 1. The zero-order valence-corrected chi connectivity index (χ0v) is 12.9. The molecule has 0 aromatic carbocycles. The molecule has 0 fully saturated rings. The first-order valence-electron chi connectivity index (χ1n) is 6.77. The van der Waals surface area contributed by atoms with E-state index in [0.717, 1.165) is 24.7 Å². The smallest absolute Gasteiger partial charge is 0.244 e. The molecule has 0 saturated heterocycles. The van der Waals surface area contributed by atoms with Crippen LogP contribution in [0, 0.1) is 0 Å². The van der Waals surface area contributed by atoms with Crippen LogP contribution < -0.4 is 5.32 Å². The number of amides is 1. The third-order valence-electron chi connectivity index (χ3n) is 3.11. The SMILES string of the molecule is CCN(CC)C(=O)C(C)NC1=NC(C)CC(C)S1. The number of thioether (sulfide) groups is 1. The Balaban J connectivity index is 2.59. The molecule has 1 N–H and O–H groups in total. The van der Waals surface area contributed by atoms with E-state index in [0.29, 0.717) is 11.3 Å². The summed E-state index contributed by atoms with van der Waals surface area (Å²) in [6.07, 6.45) is 1.11. The maximum atomic E-state index is 12.1. The summed E-state index contributed by atoms with van der Waals surface area (Å²) in [6.45, 7) is 11.8. The van der Waals surface area contributed by atoms with Gasteiger partial charge in [0.15, 0.2) is 5.17 Å². The molecule has 0 bridgehead atoms. The molecule has 1 amide bonds. The van der Waals surface area contributed by atoms with Crippen molar-refractivity contribution in [1.29, 1.82) is 0 Å². The van der Waals surface area contributed by atoms with Crippen LogP contribution in [0.2, 0.25) is 0 Å². The lowest BCUT2D eigenvalue weighted by Gasteiger charge is -2.27. The average Bonchev–Trinajstić information content (AvgIpc) is 2.28. The molecule has 1 aliphatic rings. The second kappa shape index (κ2) is 7.02. The van der Waals surface area contributed by atoms with Gasteiger partial charge in [0.25, 0.3) is 0 Å². The predicted octanol–water partition coefficient (Wildman–Crippen LogP) is 2.10. The molecule has 0 aliphatic carbocycles. The number of amidine groups is 1. The van der Waals surface area contributed by atoms with E-state index in [1.165, 1.54) is 0 Å². The Labute approximate surface area is 115 Å². The second-order valence-electron chi connectivity index (χ2n) is 4.82. The highest BCUT2D eigenvalue weighted by Gasteiger charge is 2.23. The predicted molar refractivity (Wildman–Crippen MR) is 79.1 cm³/mol. The van der Waals surface area contributed by atoms with Crippen molar-refractivity contribution in [3.8, 4) is 0 Å². The molecule has 4 nitrogen and oxygen atoms in total. The summed E-state index contributed by atoms with van der Waals surface area (Å²) in [5, 5.41) is 4.73. The highest BCUT2D eigenvalue weighted by atomic mass is 32.2. The van der Waals surface area contributed by atoms with Crippen molar-refractivity contribution in [3.63, 3.8) is 0 Å². The molecule has 1 rings (SSSR count). The van der Waals surface area contributed by atoms with Crippen LogP contribution in [0.15, 0.2) is 4.99 Å². The quantitative estimate of drug-likeness (QED) is 0.851. The number of aliphatic imine (C=N–C) groups is 1. The van der Waals surface area contributed by atoms with Gasteiger partial charge in [0.05, 0.1) is 6.04 Å². The van der Waals surface area contributed by atoms with Gasteiger partial charge in [-0.1, -0.05) is 18.7 Å². The number of carbonyl (C=O) groups excluding carboxylic acids is 1. The molecule has 104 valence electrons. The Morgan fingerprint density at radius 3 is 2.61 bits per heavy atom. The van der Waals surface area contributed by atoms with E-state index < -0.39 is 0 Å². The molecule has 18 heavy (non-hydrogen) atoms. The fraction of sp³-hybridized carbons (Fsp3) is 0.846. The van der Waals surface area contributed by atoms with Gasteiger partial charge in [-0.25, -0.2) is 0 Å². The third kappa shape index (κ3) is 4.19. The topological polar surface area (TPSA) is 44.7 Å². The molecule has 0 aromatic rings. The monoisotopic (exact) mass is 271 g/mol. The van der Waals surface area contributed by atoms with E-state index in [1.807, 2.05) is 25.7 Å². The zero-order valence-electron chi connectivity index (χ0n) is 12.1. The fourth-order valence-corrected chi connectivity index (χ4v) is 3.37. The molecule has 0 aromatic heterocycles. The fourth-order valence-electron chi connectivity index (χ4n) is 2.13. The maximum Gasteiger partial charge on any atom is 0.244 e. The summed E-state index contributed by atoms with van der Waals surface area (Å²) in [4.78, 5) is 18.6. The van der Waals surface area contributed by atoms with Crippen molar-refractivity contribution in [1.82, 2.24) is 10.2 Å². The van der Waals surface area contributed by atoms with Crippen molar-refractivity contribution < 1.29 is 4.79 Å². The van der Waals surface area contributed by atoms with Crippen LogP contribution in [0.25, 0.3) is 0 Å². The maximum absolute atomic E-state index is 12.1. The number of hydrogen-bond donors (Lipinski definition) is 1. The Morgan fingerprint density at radius 2 is 2.11 bits per heavy atom. The van der Waals surface area contributed by atoms with Crippen LogP contribution in [0.5, 0.6) is 0 Å². The van der Waals surface area contributed by atoms with Crippen molar-refractivity contribution in [2.24, 2.45) is 4.99 Å². The normalized spacial score (nSPS) is 25.3. The molecular formula is C13H25N3OS. The second-order valence-corrected chi connectivity index (χ2v) is 6.25. The standard InChI is InChI=1S/C13H25N3OS/c1-6-16(7-2)12(17)11(5)15-13-14-9(3)8-10(4)18-13/h9-11H,6-8H2,1-5H3,(H,14,15). The third-order valence-corrected chi connectivity index (χ3v) is 4.15. The molecule has 5 heteroatoms. The van der Waals surface area contributed by atoms with E-state index in [1.54, 1.807) is 11.8 Å². The minimum Gasteiger partial charge on any atom is -0.353 e. The lowest BCUT2D eigenvalue weighted by Crippen LogP contribution is -2.47. The number of nitrogens with one attached hydrogen (secondary N) is 1. The molecule has 3 unspecified atom stereocenters. The first-order chi connectivity index (χ1) is 8.47. The van der Waals surface area contributed by atoms with Gasteiger partial charge < -0.3 is 10.2 Å². The van der Waals surface area contributed by atoms with E-state index in [4.69, 9.17) is 0 Å². The van der Waals surface area contributed by atoms with Gasteiger partial charge in [-0.2, -0.15) is 0 Å². The van der Waals surface area contributed by atoms with E-state index in [9.17, 15) is 4.79 Å². The largest absolute Gasteiger partial charge is 0.353 e. The van der Waals surface area contributed by atoms with Crippen molar-refractivity contribution in [3.05, 3.63) is 0 Å². The van der Waals surface area contributed by atoms with Crippen LogP contribution in [-0.2, 0) is 4.79 Å². The Hall–Kier alpha value is -0.710. The summed E-state index contributed by atoms with van der Waals surface area (Å²) in [6, 6.07) is 0.146. The summed E-state index contributed by atoms with van der Waals surface area (Å²) in [7, 11) is 0. The molecule has 1 heterocycles. The number of rotatable bonds is 4. The van der Waals surface area contributed by atoms with Crippen molar-refractivity contribution in [2.75, 3.05) is 13.1 Å². The minimum absolute atomic E-state index is 0.147. The summed E-state index contributed by atoms with van der Waals surface area (Å²) < 4.78 is 0. The Kier molecular flexibility index (Phi) is 5.99. The van der Waals surface area contributed by atoms with Crippen LogP contribution in [0.4, 0.5) is 0 Å². The zero-order chi connectivity index (χ0) is 13.7. The minimum atomic E-state index is -0.200. The summed E-state index contributed by atoms with van der Waals surface area (Å²) >= 11 is 1.73. The van der Waals surface area contributed by atoms with Crippen molar-refractivity contribution in [2.45, 2.75) is 58.4 Å². The van der Waals surface area contributed by atoms with Crippen LogP contribution in [0.3, 0.4) is 0 Å². The molecule has 1 aliphatic heterocycles. The van der Waals surface area contributed by atoms with E-state index in [2.05, 4.69) is 24.2 Å². The van der Waals surface area contributed by atoms with Gasteiger partial charge in [0.2, 0.25) is 5.91 Å². The van der Waals surface area contributed by atoms with E-state index >= 15 is 0 Å². The highest BCUT2D eigenvalue weighted by Crippen LogP contribution is 2.24. The van der Waals surface area contributed by atoms with Crippen LogP contribution in [0.1, 0.15) is 41.0 Å². The van der Waals surface area contributed by atoms with Crippen LogP contribution in [-0.4, -0.2) is 46.4 Å². The molecule has 0 spiro atoms. The Bertz CT molecular complexity index is 315. The van der Waals surface area contributed by atoms with Gasteiger partial charge in [0.1, 0.15) is 6.04 Å². The van der Waals surface area contributed by atoms with Gasteiger partial charge in [-0.3, -0.25) is 9.79 Å². The number of nitrogens with zero attached hydrogens (tertiary/aromatic N) is 2. The lowest BCUT2D eigenvalue weighted by molar-refractivity contribution is -0.132. The van der Waals surface area contributed by atoms with Crippen molar-refractivity contribution >= 4 is 22.8 Å². The molecule has 3 atom stereocenters. The van der Waals surface area contributed by atoms with E-state index in [-0.39, 0.29) is 11.9 Å².